The minimum Gasteiger partial charge on any atom is -0.493 e. The Bertz CT molecular complexity index is 1270. The van der Waals surface area contributed by atoms with E-state index in [9.17, 15) is 23.4 Å². The van der Waals surface area contributed by atoms with Gasteiger partial charge in [-0.25, -0.2) is 8.42 Å². The summed E-state index contributed by atoms with van der Waals surface area (Å²) in [4.78, 5) is 15.2. The summed E-state index contributed by atoms with van der Waals surface area (Å²) in [7, 11) is -1.19. The van der Waals surface area contributed by atoms with E-state index in [-0.39, 0.29) is 40.5 Å². The Morgan fingerprint density at radius 2 is 1.74 bits per heavy atom. The Morgan fingerprint density at radius 3 is 2.38 bits per heavy atom. The van der Waals surface area contributed by atoms with Crippen molar-refractivity contribution in [3.05, 3.63) is 46.4 Å². The molecule has 39 heavy (non-hydrogen) atoms. The number of fused-ring (bicyclic) bond motifs is 2. The number of methoxy groups -OCH3 is 2. The number of piperidine rings is 1. The van der Waals surface area contributed by atoms with Gasteiger partial charge in [-0.1, -0.05) is 23.2 Å². The highest BCUT2D eigenvalue weighted by Crippen LogP contribution is 2.39. The highest BCUT2D eigenvalue weighted by molar-refractivity contribution is 7.89. The van der Waals surface area contributed by atoms with Gasteiger partial charge in [0.2, 0.25) is 15.9 Å². The molecular weight excluding hydrogens is 571 g/mol. The summed E-state index contributed by atoms with van der Waals surface area (Å²) in [5.41, 5.74) is 0. The van der Waals surface area contributed by atoms with Crippen LogP contribution in [0.2, 0.25) is 10.0 Å². The first-order valence-corrected chi connectivity index (χ1v) is 14.7. The van der Waals surface area contributed by atoms with E-state index in [4.69, 9.17) is 37.4 Å². The number of carbonyl (C=O) groups is 1. The number of halogens is 2. The standard InChI is InChI=1S/C26H32Cl2N2O8S/c1-36-24-7-6-18(13-25(24)37-2)38-9-8-29-14-20(23(32)15-31)21-4-3-5-22(26(29)33)30(21)39(34,35)19-11-16(27)10-17(28)12-19/h6-7,10-13,20-23,31-32H,3-5,8-9,14-15H2,1-2H3/t20-,21+,22-,23-/m0/s1. The molecule has 4 atom stereocenters. The molecule has 0 radical (unpaired) electrons. The van der Waals surface area contributed by atoms with Crippen LogP contribution in [-0.4, -0.2) is 92.5 Å². The number of benzene rings is 2. The number of nitrogens with zero attached hydrogens (tertiary/aromatic N) is 2. The summed E-state index contributed by atoms with van der Waals surface area (Å²) in [6.07, 6.45) is 0.0931. The Balaban J connectivity index is 1.62. The summed E-state index contributed by atoms with van der Waals surface area (Å²) in [6.45, 7) is -0.272. The summed E-state index contributed by atoms with van der Waals surface area (Å²) in [5.74, 6) is 0.419. The summed E-state index contributed by atoms with van der Waals surface area (Å²) in [6, 6.07) is 7.39. The molecule has 2 aliphatic rings. The van der Waals surface area contributed by atoms with Crippen molar-refractivity contribution >= 4 is 39.1 Å². The summed E-state index contributed by atoms with van der Waals surface area (Å²) < 4.78 is 45.4. The molecule has 13 heteroatoms. The SMILES string of the molecule is COc1ccc(OCCN2C[C@H]([C@@H](O)CO)[C@H]3CCC[C@@H](C2=O)N3S(=O)(=O)c2cc(Cl)cc(Cl)c2)cc1OC. The van der Waals surface area contributed by atoms with Crippen LogP contribution in [0.4, 0.5) is 0 Å². The smallest absolute Gasteiger partial charge is 0.244 e. The van der Waals surface area contributed by atoms with Crippen molar-refractivity contribution in [3.8, 4) is 17.2 Å². The number of aliphatic hydroxyl groups excluding tert-OH is 2. The van der Waals surface area contributed by atoms with E-state index >= 15 is 0 Å². The molecule has 2 aliphatic heterocycles. The van der Waals surface area contributed by atoms with Crippen molar-refractivity contribution in [2.75, 3.05) is 40.5 Å². The number of hydrogen-bond acceptors (Lipinski definition) is 8. The van der Waals surface area contributed by atoms with Gasteiger partial charge in [-0.05, 0) is 49.6 Å². The van der Waals surface area contributed by atoms with E-state index < -0.39 is 40.7 Å². The van der Waals surface area contributed by atoms with Gasteiger partial charge in [0.15, 0.2) is 11.5 Å². The molecule has 0 spiro atoms. The average molecular weight is 604 g/mol. The van der Waals surface area contributed by atoms with Crippen LogP contribution in [0.3, 0.4) is 0 Å². The molecule has 0 saturated carbocycles. The second-order valence-corrected chi connectivity index (χ2v) is 12.2. The van der Waals surface area contributed by atoms with Crippen molar-refractivity contribution in [1.82, 2.24) is 9.21 Å². The first-order chi connectivity index (χ1) is 18.6. The minimum atomic E-state index is -4.23. The number of carbonyl (C=O) groups excluding carboxylic acids is 1. The van der Waals surface area contributed by atoms with Gasteiger partial charge < -0.3 is 29.3 Å². The third kappa shape index (κ3) is 6.23. The Hall–Kier alpha value is -2.28. The highest BCUT2D eigenvalue weighted by atomic mass is 35.5. The second-order valence-electron chi connectivity index (χ2n) is 9.52. The molecule has 0 aliphatic carbocycles. The van der Waals surface area contributed by atoms with Gasteiger partial charge in [-0.15, -0.1) is 0 Å². The first kappa shape index (κ1) is 29.7. The van der Waals surface area contributed by atoms with Gasteiger partial charge in [0.05, 0.1) is 38.4 Å². The Labute approximate surface area is 238 Å². The van der Waals surface area contributed by atoms with Crippen LogP contribution < -0.4 is 14.2 Å². The topological polar surface area (TPSA) is 126 Å². The maximum Gasteiger partial charge on any atom is 0.244 e. The second kappa shape index (κ2) is 12.5. The van der Waals surface area contributed by atoms with Crippen LogP contribution >= 0.6 is 23.2 Å². The van der Waals surface area contributed by atoms with Crippen LogP contribution in [0.25, 0.3) is 0 Å². The zero-order chi connectivity index (χ0) is 28.3. The number of ether oxygens (including phenoxy) is 3. The van der Waals surface area contributed by atoms with Crippen LogP contribution in [0.1, 0.15) is 19.3 Å². The van der Waals surface area contributed by atoms with Crippen LogP contribution in [0.15, 0.2) is 41.3 Å². The minimum absolute atomic E-state index is 0.0549. The van der Waals surface area contributed by atoms with Gasteiger partial charge >= 0.3 is 0 Å². The highest BCUT2D eigenvalue weighted by Gasteiger charge is 2.51. The van der Waals surface area contributed by atoms with E-state index in [1.165, 1.54) is 41.6 Å². The lowest BCUT2D eigenvalue weighted by Gasteiger charge is -2.41. The molecule has 10 nitrogen and oxygen atoms in total. The molecule has 2 aromatic rings. The molecule has 2 heterocycles. The molecule has 2 fully saturated rings. The van der Waals surface area contributed by atoms with Crippen molar-refractivity contribution in [2.45, 2.75) is 42.3 Å². The lowest BCUT2D eigenvalue weighted by molar-refractivity contribution is -0.135. The average Bonchev–Trinajstić information content (AvgIpc) is 2.99. The summed E-state index contributed by atoms with van der Waals surface area (Å²) >= 11 is 12.2. The molecule has 0 unspecified atom stereocenters. The number of amides is 1. The molecule has 2 bridgehead atoms. The van der Waals surface area contributed by atoms with E-state index in [1.807, 2.05) is 0 Å². The van der Waals surface area contributed by atoms with Crippen molar-refractivity contribution in [2.24, 2.45) is 5.92 Å². The van der Waals surface area contributed by atoms with Crippen LogP contribution in [0.5, 0.6) is 17.2 Å². The quantitative estimate of drug-likeness (QED) is 0.425. The van der Waals surface area contributed by atoms with E-state index in [1.54, 1.807) is 18.2 Å². The Morgan fingerprint density at radius 1 is 1.05 bits per heavy atom. The van der Waals surface area contributed by atoms with E-state index in [0.29, 0.717) is 36.5 Å². The molecule has 214 valence electrons. The maximum atomic E-state index is 13.9. The molecule has 1 amide bonds. The number of hydrogen-bond donors (Lipinski definition) is 2. The number of rotatable bonds is 10. The number of sulfonamides is 1. The molecule has 2 saturated heterocycles. The van der Waals surface area contributed by atoms with Gasteiger partial charge in [0.1, 0.15) is 18.4 Å². The fourth-order valence-electron chi connectivity index (χ4n) is 5.36. The largest absolute Gasteiger partial charge is 0.493 e. The Kier molecular flexibility index (Phi) is 9.51. The first-order valence-electron chi connectivity index (χ1n) is 12.5. The third-order valence-corrected chi connectivity index (χ3v) is 9.56. The summed E-state index contributed by atoms with van der Waals surface area (Å²) in [5, 5.41) is 20.9. The third-order valence-electron chi connectivity index (χ3n) is 7.21. The lowest BCUT2D eigenvalue weighted by Crippen LogP contribution is -2.56. The molecular formula is C26H32Cl2N2O8S. The van der Waals surface area contributed by atoms with Crippen molar-refractivity contribution in [1.29, 1.82) is 0 Å². The van der Waals surface area contributed by atoms with Crippen LogP contribution in [-0.2, 0) is 14.8 Å². The molecule has 4 rings (SSSR count). The molecule has 2 aromatic carbocycles. The van der Waals surface area contributed by atoms with Gasteiger partial charge in [-0.2, -0.15) is 4.31 Å². The fourth-order valence-corrected chi connectivity index (χ4v) is 7.96. The predicted octanol–water partition coefficient (Wildman–Crippen LogP) is 2.81. The maximum absolute atomic E-state index is 13.9. The van der Waals surface area contributed by atoms with Crippen molar-refractivity contribution < 1.29 is 37.6 Å². The monoisotopic (exact) mass is 602 g/mol. The fraction of sp³-hybridized carbons (Fsp3) is 0.500. The number of aliphatic hydroxyl groups is 2. The van der Waals surface area contributed by atoms with Crippen molar-refractivity contribution in [3.63, 3.8) is 0 Å². The zero-order valence-corrected chi connectivity index (χ0v) is 24.0. The van der Waals surface area contributed by atoms with E-state index in [2.05, 4.69) is 0 Å². The van der Waals surface area contributed by atoms with E-state index in [0.717, 1.165) is 0 Å². The molecule has 2 N–H and O–H groups in total. The van der Waals surface area contributed by atoms with Crippen LogP contribution in [0, 0.1) is 5.92 Å². The zero-order valence-electron chi connectivity index (χ0n) is 21.6. The van der Waals surface area contributed by atoms with Gasteiger partial charge in [-0.3, -0.25) is 4.79 Å². The normalized spacial score (nSPS) is 22.8. The molecule has 0 aromatic heterocycles. The lowest BCUT2D eigenvalue weighted by atomic mass is 9.87. The van der Waals surface area contributed by atoms with Gasteiger partial charge in [0, 0.05) is 34.6 Å². The predicted molar refractivity (Wildman–Crippen MR) is 145 cm³/mol. The van der Waals surface area contributed by atoms with Gasteiger partial charge in [0.25, 0.3) is 0 Å².